The Balaban J connectivity index is 1.37. The molecule has 1 unspecified atom stereocenters. The smallest absolute Gasteiger partial charge is 0.224 e. The number of carbonyl (C=O) groups is 2. The Morgan fingerprint density at radius 3 is 2.61 bits per heavy atom. The van der Waals surface area contributed by atoms with Crippen LogP contribution in [0.3, 0.4) is 0 Å². The molecule has 196 valence electrons. The minimum Gasteiger partial charge on any atom is -0.497 e. The van der Waals surface area contributed by atoms with Crippen LogP contribution in [-0.4, -0.2) is 51.6 Å². The Kier molecular flexibility index (Phi) is 7.09. The van der Waals surface area contributed by atoms with Crippen LogP contribution in [0.15, 0.2) is 54.7 Å². The van der Waals surface area contributed by atoms with Crippen molar-refractivity contribution in [2.75, 3.05) is 14.2 Å². The number of hydrogen-bond donors (Lipinski definition) is 0. The highest BCUT2D eigenvalue weighted by Gasteiger charge is 2.33. The highest BCUT2D eigenvalue weighted by Crippen LogP contribution is 2.31. The fourth-order valence-corrected chi connectivity index (χ4v) is 4.98. The van der Waals surface area contributed by atoms with Gasteiger partial charge in [0.2, 0.25) is 11.8 Å². The fraction of sp³-hybridized carbons (Fsp3) is 0.310. The standard InChI is InChI=1S/C29H29FN4O4/c1-4-34-26-14-19(13-24(30)23(26)16-31-34)25-11-10-22(29(32-25)38-3)27(35)15-20-7-12-28(36)33(20)17-18-5-8-21(37-2)9-6-18/h5-6,8-11,13-14,16,20H,4,7,12,15,17H2,1-3H3. The maximum atomic E-state index is 14.8. The molecule has 1 fully saturated rings. The van der Waals surface area contributed by atoms with Crippen molar-refractivity contribution in [3.05, 3.63) is 71.7 Å². The molecule has 3 heterocycles. The quantitative estimate of drug-likeness (QED) is 0.290. The summed E-state index contributed by atoms with van der Waals surface area (Å²) >= 11 is 0. The molecule has 5 rings (SSSR count). The molecule has 0 aliphatic carbocycles. The van der Waals surface area contributed by atoms with Crippen molar-refractivity contribution in [1.29, 1.82) is 0 Å². The summed E-state index contributed by atoms with van der Waals surface area (Å²) in [4.78, 5) is 32.3. The van der Waals surface area contributed by atoms with E-state index in [2.05, 4.69) is 10.1 Å². The Hall–Kier alpha value is -4.27. The van der Waals surface area contributed by atoms with E-state index in [1.165, 1.54) is 19.4 Å². The van der Waals surface area contributed by atoms with Gasteiger partial charge in [0.25, 0.3) is 0 Å². The number of methoxy groups -OCH3 is 2. The Morgan fingerprint density at radius 2 is 1.89 bits per heavy atom. The largest absolute Gasteiger partial charge is 0.497 e. The SMILES string of the molecule is CCn1ncc2c(F)cc(-c3ccc(C(=O)CC4CCC(=O)N4Cc4ccc(OC)cc4)c(OC)n3)cc21. The lowest BCUT2D eigenvalue weighted by Crippen LogP contribution is -2.34. The van der Waals surface area contributed by atoms with Gasteiger partial charge >= 0.3 is 0 Å². The fourth-order valence-electron chi connectivity index (χ4n) is 4.98. The summed E-state index contributed by atoms with van der Waals surface area (Å²) in [6.45, 7) is 2.97. The predicted molar refractivity (Wildman–Crippen MR) is 141 cm³/mol. The van der Waals surface area contributed by atoms with Crippen molar-refractivity contribution in [2.45, 2.75) is 45.3 Å². The highest BCUT2D eigenvalue weighted by atomic mass is 19.1. The minimum absolute atomic E-state index is 0.0304. The molecule has 4 aromatic rings. The van der Waals surface area contributed by atoms with Gasteiger partial charge in [0.1, 0.15) is 11.6 Å². The molecular formula is C29H29FN4O4. The van der Waals surface area contributed by atoms with Crippen molar-refractivity contribution in [3.63, 3.8) is 0 Å². The molecule has 9 heteroatoms. The van der Waals surface area contributed by atoms with E-state index in [1.54, 1.807) is 28.8 Å². The number of carbonyl (C=O) groups excluding carboxylic acids is 2. The Morgan fingerprint density at radius 1 is 1.11 bits per heavy atom. The second-order valence-electron chi connectivity index (χ2n) is 9.29. The first-order valence-corrected chi connectivity index (χ1v) is 12.6. The maximum absolute atomic E-state index is 14.8. The third-order valence-corrected chi connectivity index (χ3v) is 7.05. The summed E-state index contributed by atoms with van der Waals surface area (Å²) in [7, 11) is 3.06. The lowest BCUT2D eigenvalue weighted by atomic mass is 10.0. The summed E-state index contributed by atoms with van der Waals surface area (Å²) in [6.07, 6.45) is 2.69. The number of amides is 1. The Bertz CT molecular complexity index is 1500. The molecule has 1 atom stereocenters. The Labute approximate surface area is 220 Å². The zero-order valence-corrected chi connectivity index (χ0v) is 21.6. The van der Waals surface area contributed by atoms with Gasteiger partial charge in [-0.25, -0.2) is 9.37 Å². The molecule has 2 aromatic heterocycles. The van der Waals surface area contributed by atoms with Crippen LogP contribution in [0, 0.1) is 5.82 Å². The number of Topliss-reactive ketones (excluding diaryl/α,β-unsaturated/α-hetero) is 1. The second-order valence-corrected chi connectivity index (χ2v) is 9.29. The van der Waals surface area contributed by atoms with Crippen molar-refractivity contribution in [2.24, 2.45) is 0 Å². The number of pyridine rings is 1. The van der Waals surface area contributed by atoms with Gasteiger partial charge in [-0.05, 0) is 55.3 Å². The molecule has 1 amide bonds. The molecule has 2 aromatic carbocycles. The van der Waals surface area contributed by atoms with Gasteiger partial charge in [0.15, 0.2) is 5.78 Å². The summed E-state index contributed by atoms with van der Waals surface area (Å²) in [5.41, 5.74) is 3.02. The number of nitrogens with zero attached hydrogens (tertiary/aromatic N) is 4. The molecule has 1 saturated heterocycles. The third kappa shape index (κ3) is 4.83. The minimum atomic E-state index is -0.388. The van der Waals surface area contributed by atoms with Crippen molar-refractivity contribution in [3.8, 4) is 22.9 Å². The van der Waals surface area contributed by atoms with Gasteiger partial charge in [-0.1, -0.05) is 12.1 Å². The number of benzene rings is 2. The maximum Gasteiger partial charge on any atom is 0.224 e. The molecular weight excluding hydrogens is 487 g/mol. The van der Waals surface area contributed by atoms with E-state index in [0.29, 0.717) is 53.7 Å². The van der Waals surface area contributed by atoms with Crippen LogP contribution >= 0.6 is 0 Å². The van der Waals surface area contributed by atoms with Crippen LogP contribution < -0.4 is 9.47 Å². The first-order chi connectivity index (χ1) is 18.4. The second kappa shape index (κ2) is 10.6. The van der Waals surface area contributed by atoms with Crippen LogP contribution in [0.4, 0.5) is 4.39 Å². The molecule has 0 spiro atoms. The van der Waals surface area contributed by atoms with Gasteiger partial charge in [-0.15, -0.1) is 0 Å². The molecule has 1 aliphatic rings. The van der Waals surface area contributed by atoms with E-state index in [1.807, 2.05) is 37.3 Å². The van der Waals surface area contributed by atoms with Crippen LogP contribution in [0.5, 0.6) is 11.6 Å². The zero-order chi connectivity index (χ0) is 26.8. The van der Waals surface area contributed by atoms with Crippen LogP contribution in [-0.2, 0) is 17.9 Å². The average molecular weight is 517 g/mol. The van der Waals surface area contributed by atoms with E-state index < -0.39 is 0 Å². The summed E-state index contributed by atoms with van der Waals surface area (Å²) in [5.74, 6) is 0.396. The van der Waals surface area contributed by atoms with Crippen LogP contribution in [0.2, 0.25) is 0 Å². The summed E-state index contributed by atoms with van der Waals surface area (Å²) in [5, 5.41) is 4.67. The lowest BCUT2D eigenvalue weighted by Gasteiger charge is -2.25. The number of ether oxygens (including phenoxy) is 2. The molecule has 0 N–H and O–H groups in total. The molecule has 38 heavy (non-hydrogen) atoms. The van der Waals surface area contributed by atoms with Gasteiger partial charge < -0.3 is 14.4 Å². The number of hydrogen-bond acceptors (Lipinski definition) is 6. The summed E-state index contributed by atoms with van der Waals surface area (Å²) < 4.78 is 27.2. The number of likely N-dealkylation sites (tertiary alicyclic amines) is 1. The lowest BCUT2D eigenvalue weighted by molar-refractivity contribution is -0.129. The molecule has 0 radical (unpaired) electrons. The number of aromatic nitrogens is 3. The van der Waals surface area contributed by atoms with Gasteiger partial charge in [0, 0.05) is 37.5 Å². The first-order valence-electron chi connectivity index (χ1n) is 12.6. The zero-order valence-electron chi connectivity index (χ0n) is 21.6. The van der Waals surface area contributed by atoms with E-state index in [4.69, 9.17) is 9.47 Å². The van der Waals surface area contributed by atoms with Crippen LogP contribution in [0.25, 0.3) is 22.2 Å². The number of aryl methyl sites for hydroxylation is 1. The van der Waals surface area contributed by atoms with Crippen molar-refractivity contribution >= 4 is 22.6 Å². The first kappa shape index (κ1) is 25.4. The van der Waals surface area contributed by atoms with E-state index in [0.717, 1.165) is 11.3 Å². The van der Waals surface area contributed by atoms with Gasteiger partial charge in [-0.2, -0.15) is 5.10 Å². The number of fused-ring (bicyclic) bond motifs is 1. The number of rotatable bonds is 9. The van der Waals surface area contributed by atoms with Crippen molar-refractivity contribution < 1.29 is 23.5 Å². The molecule has 8 nitrogen and oxygen atoms in total. The van der Waals surface area contributed by atoms with Gasteiger partial charge in [-0.3, -0.25) is 14.3 Å². The summed E-state index contributed by atoms with van der Waals surface area (Å²) in [6, 6.07) is 13.9. The molecule has 0 bridgehead atoms. The van der Waals surface area contributed by atoms with Crippen molar-refractivity contribution in [1.82, 2.24) is 19.7 Å². The van der Waals surface area contributed by atoms with E-state index in [9.17, 15) is 14.0 Å². The number of ketones is 1. The van der Waals surface area contributed by atoms with Crippen LogP contribution in [0.1, 0.15) is 42.1 Å². The highest BCUT2D eigenvalue weighted by molar-refractivity contribution is 5.99. The predicted octanol–water partition coefficient (Wildman–Crippen LogP) is 5.04. The van der Waals surface area contributed by atoms with Gasteiger partial charge in [0.05, 0.1) is 42.6 Å². The van der Waals surface area contributed by atoms with E-state index in [-0.39, 0.29) is 35.9 Å². The number of halogens is 1. The average Bonchev–Trinajstić information content (AvgIpc) is 3.52. The van der Waals surface area contributed by atoms with E-state index >= 15 is 0 Å². The molecule has 0 saturated carbocycles. The molecule has 1 aliphatic heterocycles. The monoisotopic (exact) mass is 516 g/mol. The topological polar surface area (TPSA) is 86.6 Å². The third-order valence-electron chi connectivity index (χ3n) is 7.05. The normalized spacial score (nSPS) is 15.3.